The quantitative estimate of drug-likeness (QED) is 0.239. The average molecular weight is 547 g/mol. The fourth-order valence-electron chi connectivity index (χ4n) is 4.64. The summed E-state index contributed by atoms with van der Waals surface area (Å²) >= 11 is 6.17. The second kappa shape index (κ2) is 11.0. The van der Waals surface area contributed by atoms with Crippen LogP contribution in [0.1, 0.15) is 55.9 Å². The van der Waals surface area contributed by atoms with E-state index in [1.807, 2.05) is 65.3 Å². The number of H-pyrrole nitrogens is 1. The zero-order valence-electron chi connectivity index (χ0n) is 22.4. The topological polar surface area (TPSA) is 102 Å². The molecule has 5 aromatic rings. The third kappa shape index (κ3) is 5.60. The van der Waals surface area contributed by atoms with Gasteiger partial charge in [0, 0.05) is 23.2 Å². The van der Waals surface area contributed by atoms with Crippen LogP contribution in [0.4, 0.5) is 0 Å². The molecule has 0 fully saturated rings. The molecule has 0 radical (unpaired) electrons. The normalized spacial score (nSPS) is 12.8. The average Bonchev–Trinajstić information content (AvgIpc) is 3.63. The van der Waals surface area contributed by atoms with E-state index in [-0.39, 0.29) is 11.1 Å². The number of rotatable bonds is 10. The molecule has 0 aliphatic rings. The monoisotopic (exact) mass is 546 g/mol. The van der Waals surface area contributed by atoms with Gasteiger partial charge in [-0.25, -0.2) is 4.68 Å². The lowest BCUT2D eigenvalue weighted by molar-refractivity contribution is 0.168. The third-order valence-corrected chi connectivity index (χ3v) is 7.41. The minimum Gasteiger partial charge on any atom is -0.497 e. The number of nitrogens with one attached hydrogen (secondary N) is 1. The van der Waals surface area contributed by atoms with E-state index < -0.39 is 6.04 Å². The molecule has 10 heteroatoms. The van der Waals surface area contributed by atoms with Crippen LogP contribution >= 0.6 is 11.6 Å². The summed E-state index contributed by atoms with van der Waals surface area (Å²) in [7, 11) is 1.60. The Labute approximate surface area is 231 Å². The van der Waals surface area contributed by atoms with Crippen molar-refractivity contribution in [1.29, 1.82) is 0 Å². The predicted octanol–water partition coefficient (Wildman–Crippen LogP) is 5.71. The second-order valence-electron chi connectivity index (χ2n) is 10.1. The number of hydrogen-bond donors (Lipinski definition) is 1. The van der Waals surface area contributed by atoms with Crippen LogP contribution in [0.15, 0.2) is 76.1 Å². The molecule has 3 heterocycles. The van der Waals surface area contributed by atoms with Gasteiger partial charge in [-0.15, -0.1) is 5.10 Å². The zero-order chi connectivity index (χ0) is 27.6. The van der Waals surface area contributed by atoms with Crippen LogP contribution in [0.25, 0.3) is 10.9 Å². The molecule has 9 nitrogen and oxygen atoms in total. The van der Waals surface area contributed by atoms with Gasteiger partial charge in [0.25, 0.3) is 5.56 Å². The number of furan rings is 1. The van der Waals surface area contributed by atoms with Crippen molar-refractivity contribution in [2.24, 2.45) is 0 Å². The Morgan fingerprint density at radius 1 is 1.13 bits per heavy atom. The first-order chi connectivity index (χ1) is 18.8. The molecule has 0 unspecified atom stereocenters. The number of hydrogen-bond acceptors (Lipinski definition) is 7. The van der Waals surface area contributed by atoms with E-state index in [1.54, 1.807) is 13.4 Å². The molecule has 0 spiro atoms. The minimum absolute atomic E-state index is 0.231. The molecule has 0 saturated heterocycles. The summed E-state index contributed by atoms with van der Waals surface area (Å²) in [5.74, 6) is 1.99. The lowest BCUT2D eigenvalue weighted by atomic mass is 9.98. The van der Waals surface area contributed by atoms with Crippen LogP contribution in [0.5, 0.6) is 5.75 Å². The van der Waals surface area contributed by atoms with Crippen LogP contribution in [-0.4, -0.2) is 37.2 Å². The van der Waals surface area contributed by atoms with Gasteiger partial charge in [-0.3, -0.25) is 9.69 Å². The zero-order valence-corrected chi connectivity index (χ0v) is 23.1. The molecule has 3 aromatic heterocycles. The molecule has 39 heavy (non-hydrogen) atoms. The highest BCUT2D eigenvalue weighted by molar-refractivity contribution is 6.30. The molecule has 1 N–H and O–H groups in total. The summed E-state index contributed by atoms with van der Waals surface area (Å²) < 4.78 is 12.9. The summed E-state index contributed by atoms with van der Waals surface area (Å²) in [6.07, 6.45) is 2.44. The maximum absolute atomic E-state index is 13.8. The summed E-state index contributed by atoms with van der Waals surface area (Å²) in [6.45, 7) is 7.15. The number of halogens is 1. The minimum atomic E-state index is -0.596. The van der Waals surface area contributed by atoms with Crippen molar-refractivity contribution in [1.82, 2.24) is 30.1 Å². The van der Waals surface area contributed by atoms with Crippen molar-refractivity contribution < 1.29 is 9.15 Å². The van der Waals surface area contributed by atoms with Gasteiger partial charge in [-0.1, -0.05) is 30.7 Å². The highest BCUT2D eigenvalue weighted by Gasteiger charge is 2.35. The van der Waals surface area contributed by atoms with Gasteiger partial charge >= 0.3 is 0 Å². The molecular formula is C29H31ClN6O3. The Morgan fingerprint density at radius 2 is 1.92 bits per heavy atom. The molecule has 0 saturated carbocycles. The van der Waals surface area contributed by atoms with Crippen LogP contribution in [0, 0.1) is 0 Å². The summed E-state index contributed by atoms with van der Waals surface area (Å²) in [5, 5.41) is 14.5. The smallest absolute Gasteiger partial charge is 0.253 e. The highest BCUT2D eigenvalue weighted by Crippen LogP contribution is 2.33. The van der Waals surface area contributed by atoms with Crippen molar-refractivity contribution in [3.05, 3.63) is 105 Å². The van der Waals surface area contributed by atoms with Gasteiger partial charge in [0.15, 0.2) is 5.82 Å². The molecule has 1 atom stereocenters. The van der Waals surface area contributed by atoms with Gasteiger partial charge in [-0.2, -0.15) is 0 Å². The lowest BCUT2D eigenvalue weighted by Crippen LogP contribution is -2.38. The van der Waals surface area contributed by atoms with Crippen molar-refractivity contribution in [2.45, 2.75) is 51.9 Å². The van der Waals surface area contributed by atoms with Crippen molar-refractivity contribution in [3.63, 3.8) is 0 Å². The Balaban J connectivity index is 1.72. The standard InChI is InChI=1S/C29H31ClN6O3/c1-5-29(2,3)36-27(32-33-34-36)26(24-15-20-10-13-22(38-4)16-25(20)31-28(24)37)35(18-23-7-6-14-39-23)17-19-8-11-21(30)12-9-19/h6-16,26H,5,17-18H2,1-4H3,(H,31,37)/t26-/m1/s1. The third-order valence-electron chi connectivity index (χ3n) is 7.16. The van der Waals surface area contributed by atoms with Crippen LogP contribution < -0.4 is 10.3 Å². The molecule has 0 bridgehead atoms. The SMILES string of the molecule is CCC(C)(C)n1nnnc1[C@@H](c1cc2ccc(OC)cc2[nH]c1=O)N(Cc1ccc(Cl)cc1)Cc1ccco1. The Kier molecular flexibility index (Phi) is 7.54. The number of aromatic amines is 1. The van der Waals surface area contributed by atoms with Gasteiger partial charge in [0.1, 0.15) is 17.6 Å². The fraction of sp³-hybridized carbons (Fsp3) is 0.310. The summed E-state index contributed by atoms with van der Waals surface area (Å²) in [4.78, 5) is 19.0. The molecule has 0 aliphatic heterocycles. The number of benzene rings is 2. The largest absolute Gasteiger partial charge is 0.497 e. The van der Waals surface area contributed by atoms with Crippen LogP contribution in [0.2, 0.25) is 5.02 Å². The predicted molar refractivity (Wildman–Crippen MR) is 150 cm³/mol. The van der Waals surface area contributed by atoms with E-state index in [0.717, 1.165) is 23.1 Å². The molecule has 0 aliphatic carbocycles. The Hall–Kier alpha value is -3.95. The molecule has 2 aromatic carbocycles. The molecule has 5 rings (SSSR count). The maximum Gasteiger partial charge on any atom is 0.253 e. The number of nitrogens with zero attached hydrogens (tertiary/aromatic N) is 5. The Bertz CT molecular complexity index is 1610. The maximum atomic E-state index is 13.8. The van der Waals surface area contributed by atoms with Gasteiger partial charge in [-0.05, 0) is 84.1 Å². The van der Waals surface area contributed by atoms with Gasteiger partial charge in [0.2, 0.25) is 0 Å². The molecule has 202 valence electrons. The van der Waals surface area contributed by atoms with E-state index in [1.165, 1.54) is 0 Å². The van der Waals surface area contributed by atoms with E-state index in [0.29, 0.717) is 40.8 Å². The number of ether oxygens (including phenoxy) is 1. The summed E-state index contributed by atoms with van der Waals surface area (Å²) in [6, 6.07) is 18.4. The first-order valence-corrected chi connectivity index (χ1v) is 13.2. The second-order valence-corrected chi connectivity index (χ2v) is 10.6. The number of methoxy groups -OCH3 is 1. The number of tetrazole rings is 1. The summed E-state index contributed by atoms with van der Waals surface area (Å²) in [5.41, 5.74) is 1.61. The highest BCUT2D eigenvalue weighted by atomic mass is 35.5. The first-order valence-electron chi connectivity index (χ1n) is 12.8. The Morgan fingerprint density at radius 3 is 2.62 bits per heavy atom. The fourth-order valence-corrected chi connectivity index (χ4v) is 4.76. The number of fused-ring (bicyclic) bond motifs is 1. The van der Waals surface area contributed by atoms with Gasteiger partial charge in [0.05, 0.1) is 31.0 Å². The number of pyridine rings is 1. The molecule has 0 amide bonds. The van der Waals surface area contributed by atoms with Crippen molar-refractivity contribution in [3.8, 4) is 5.75 Å². The van der Waals surface area contributed by atoms with E-state index in [9.17, 15) is 4.79 Å². The van der Waals surface area contributed by atoms with E-state index in [4.69, 9.17) is 20.8 Å². The van der Waals surface area contributed by atoms with Crippen LogP contribution in [-0.2, 0) is 18.6 Å². The number of aromatic nitrogens is 5. The van der Waals surface area contributed by atoms with Crippen LogP contribution in [0.3, 0.4) is 0 Å². The van der Waals surface area contributed by atoms with Crippen molar-refractivity contribution in [2.75, 3.05) is 7.11 Å². The molecular weight excluding hydrogens is 516 g/mol. The lowest BCUT2D eigenvalue weighted by Gasteiger charge is -2.33. The van der Waals surface area contributed by atoms with Gasteiger partial charge < -0.3 is 14.1 Å². The van der Waals surface area contributed by atoms with Crippen molar-refractivity contribution >= 4 is 22.5 Å². The van der Waals surface area contributed by atoms with E-state index in [2.05, 4.69) is 46.2 Å². The first kappa shape index (κ1) is 26.6. The van der Waals surface area contributed by atoms with E-state index >= 15 is 0 Å².